The standard InChI is InChI=1S/C10H11BrFNO3S/c11-8-5-7(12)1-2-9(8)17(15,16)13-10(6-14)3-4-10/h1-2,5,13-14H,3-4,6H2. The minimum absolute atomic E-state index is 0.0291. The first-order chi connectivity index (χ1) is 7.88. The van der Waals surface area contributed by atoms with Crippen molar-refractivity contribution in [2.45, 2.75) is 23.3 Å². The molecule has 0 atom stereocenters. The van der Waals surface area contributed by atoms with Crippen LogP contribution in [0.1, 0.15) is 12.8 Å². The van der Waals surface area contributed by atoms with Crippen molar-refractivity contribution >= 4 is 26.0 Å². The summed E-state index contributed by atoms with van der Waals surface area (Å²) in [6.07, 6.45) is 1.23. The molecule has 1 aromatic carbocycles. The summed E-state index contributed by atoms with van der Waals surface area (Å²) >= 11 is 3.01. The molecule has 17 heavy (non-hydrogen) atoms. The highest BCUT2D eigenvalue weighted by Gasteiger charge is 2.45. The normalized spacial score (nSPS) is 18.1. The molecule has 0 amide bonds. The second kappa shape index (κ2) is 4.31. The van der Waals surface area contributed by atoms with Crippen LogP contribution < -0.4 is 4.72 Å². The third-order valence-electron chi connectivity index (χ3n) is 2.69. The zero-order valence-corrected chi connectivity index (χ0v) is 11.2. The molecule has 0 spiro atoms. The van der Waals surface area contributed by atoms with Crippen LogP contribution in [0.5, 0.6) is 0 Å². The second-order valence-corrected chi connectivity index (χ2v) is 6.62. The summed E-state index contributed by atoms with van der Waals surface area (Å²) in [6, 6.07) is 3.36. The van der Waals surface area contributed by atoms with Crippen molar-refractivity contribution in [1.29, 1.82) is 0 Å². The first-order valence-electron chi connectivity index (χ1n) is 4.98. The molecule has 1 fully saturated rings. The van der Waals surface area contributed by atoms with Gasteiger partial charge in [-0.25, -0.2) is 17.5 Å². The Labute approximate surface area is 107 Å². The minimum Gasteiger partial charge on any atom is -0.394 e. The van der Waals surface area contributed by atoms with Crippen molar-refractivity contribution in [3.8, 4) is 0 Å². The van der Waals surface area contributed by atoms with Crippen molar-refractivity contribution in [3.63, 3.8) is 0 Å². The van der Waals surface area contributed by atoms with Crippen LogP contribution in [0.4, 0.5) is 4.39 Å². The van der Waals surface area contributed by atoms with E-state index < -0.39 is 21.4 Å². The smallest absolute Gasteiger partial charge is 0.242 e. The molecule has 4 nitrogen and oxygen atoms in total. The third-order valence-corrected chi connectivity index (χ3v) is 5.25. The monoisotopic (exact) mass is 323 g/mol. The Morgan fingerprint density at radius 1 is 1.47 bits per heavy atom. The van der Waals surface area contributed by atoms with Crippen LogP contribution in [0, 0.1) is 5.82 Å². The fourth-order valence-corrected chi connectivity index (χ4v) is 3.98. The Bertz CT molecular complexity index is 542. The van der Waals surface area contributed by atoms with Gasteiger partial charge in [0.15, 0.2) is 0 Å². The van der Waals surface area contributed by atoms with Crippen molar-refractivity contribution in [2.75, 3.05) is 6.61 Å². The maximum atomic E-state index is 12.9. The fourth-order valence-electron chi connectivity index (χ4n) is 1.48. The van der Waals surface area contributed by atoms with Gasteiger partial charge in [-0.3, -0.25) is 0 Å². The predicted octanol–water partition coefficient (Wildman–Crippen LogP) is 1.39. The van der Waals surface area contributed by atoms with E-state index in [1.165, 1.54) is 6.07 Å². The molecule has 0 bridgehead atoms. The summed E-state index contributed by atoms with van der Waals surface area (Å²) < 4.78 is 39.5. The van der Waals surface area contributed by atoms with E-state index in [4.69, 9.17) is 5.11 Å². The molecule has 1 aromatic rings. The third kappa shape index (κ3) is 2.67. The molecule has 1 aliphatic rings. The van der Waals surface area contributed by atoms with Gasteiger partial charge in [-0.15, -0.1) is 0 Å². The van der Waals surface area contributed by atoms with E-state index in [0.717, 1.165) is 12.1 Å². The fraction of sp³-hybridized carbons (Fsp3) is 0.400. The van der Waals surface area contributed by atoms with Gasteiger partial charge in [0.05, 0.1) is 17.0 Å². The Kier molecular flexibility index (Phi) is 3.28. The first-order valence-corrected chi connectivity index (χ1v) is 7.26. The lowest BCUT2D eigenvalue weighted by molar-refractivity contribution is 0.246. The molecule has 0 heterocycles. The maximum absolute atomic E-state index is 12.9. The number of halogens is 2. The molecule has 0 saturated heterocycles. The quantitative estimate of drug-likeness (QED) is 0.880. The van der Waals surface area contributed by atoms with Gasteiger partial charge >= 0.3 is 0 Å². The summed E-state index contributed by atoms with van der Waals surface area (Å²) in [6.45, 7) is -0.231. The molecule has 7 heteroatoms. The number of nitrogens with one attached hydrogen (secondary N) is 1. The van der Waals surface area contributed by atoms with Gasteiger partial charge in [0, 0.05) is 4.47 Å². The summed E-state index contributed by atoms with van der Waals surface area (Å²) in [5.74, 6) is -0.515. The number of sulfonamides is 1. The molecule has 0 aliphatic heterocycles. The number of hydrogen-bond acceptors (Lipinski definition) is 3. The van der Waals surface area contributed by atoms with Crippen LogP contribution in [-0.4, -0.2) is 25.7 Å². The van der Waals surface area contributed by atoms with Gasteiger partial charge in [0.1, 0.15) is 5.82 Å². The van der Waals surface area contributed by atoms with Gasteiger partial charge in [-0.1, -0.05) is 0 Å². The molecule has 2 rings (SSSR count). The topological polar surface area (TPSA) is 66.4 Å². The Morgan fingerprint density at radius 3 is 2.59 bits per heavy atom. The van der Waals surface area contributed by atoms with E-state index in [1.54, 1.807) is 0 Å². The van der Waals surface area contributed by atoms with Gasteiger partial charge in [0.2, 0.25) is 10.0 Å². The Hall–Kier alpha value is -0.500. The van der Waals surface area contributed by atoms with E-state index in [9.17, 15) is 12.8 Å². The van der Waals surface area contributed by atoms with Crippen LogP contribution in [0.15, 0.2) is 27.6 Å². The van der Waals surface area contributed by atoms with Gasteiger partial charge in [0.25, 0.3) is 0 Å². The molecule has 0 aromatic heterocycles. The molecule has 0 radical (unpaired) electrons. The van der Waals surface area contributed by atoms with Crippen molar-refractivity contribution in [2.24, 2.45) is 0 Å². The molecule has 94 valence electrons. The predicted molar refractivity (Wildman–Crippen MR) is 63.5 cm³/mol. The van der Waals surface area contributed by atoms with Crippen LogP contribution in [0.2, 0.25) is 0 Å². The lowest BCUT2D eigenvalue weighted by Crippen LogP contribution is -2.39. The maximum Gasteiger partial charge on any atom is 0.242 e. The van der Waals surface area contributed by atoms with E-state index in [2.05, 4.69) is 20.7 Å². The highest BCUT2D eigenvalue weighted by Crippen LogP contribution is 2.37. The zero-order valence-electron chi connectivity index (χ0n) is 8.78. The van der Waals surface area contributed by atoms with Crippen LogP contribution in [0.3, 0.4) is 0 Å². The zero-order chi connectivity index (χ0) is 12.7. The lowest BCUT2D eigenvalue weighted by atomic mass is 10.3. The van der Waals surface area contributed by atoms with Crippen LogP contribution in [0.25, 0.3) is 0 Å². The number of aliphatic hydroxyl groups is 1. The van der Waals surface area contributed by atoms with Gasteiger partial charge < -0.3 is 5.11 Å². The SMILES string of the molecule is O=S(=O)(NC1(CO)CC1)c1ccc(F)cc1Br. The van der Waals surface area contributed by atoms with E-state index in [0.29, 0.717) is 12.8 Å². The molecule has 1 saturated carbocycles. The number of aliphatic hydroxyl groups excluding tert-OH is 1. The number of rotatable bonds is 4. The highest BCUT2D eigenvalue weighted by molar-refractivity contribution is 9.10. The van der Waals surface area contributed by atoms with Gasteiger partial charge in [-0.2, -0.15) is 0 Å². The number of hydrogen-bond donors (Lipinski definition) is 2. The molecular formula is C10H11BrFNO3S. The van der Waals surface area contributed by atoms with Crippen molar-refractivity contribution < 1.29 is 17.9 Å². The molecular weight excluding hydrogens is 313 g/mol. The van der Waals surface area contributed by atoms with Crippen LogP contribution in [-0.2, 0) is 10.0 Å². The molecule has 0 unspecified atom stereocenters. The lowest BCUT2D eigenvalue weighted by Gasteiger charge is -2.15. The molecule has 1 aliphatic carbocycles. The highest BCUT2D eigenvalue weighted by atomic mass is 79.9. The van der Waals surface area contributed by atoms with Crippen molar-refractivity contribution in [1.82, 2.24) is 4.72 Å². The summed E-state index contributed by atoms with van der Waals surface area (Å²) in [4.78, 5) is -0.0291. The van der Waals surface area contributed by atoms with Gasteiger partial charge in [-0.05, 0) is 47.0 Å². The van der Waals surface area contributed by atoms with Crippen LogP contribution >= 0.6 is 15.9 Å². The minimum atomic E-state index is -3.74. The Morgan fingerprint density at radius 2 is 2.12 bits per heavy atom. The first kappa shape index (κ1) is 12.9. The van der Waals surface area contributed by atoms with E-state index in [-0.39, 0.29) is 16.0 Å². The average Bonchev–Trinajstić information content (AvgIpc) is 2.97. The largest absolute Gasteiger partial charge is 0.394 e. The Balaban J connectivity index is 2.32. The summed E-state index contributed by atoms with van der Waals surface area (Å²) in [5, 5.41) is 9.08. The van der Waals surface area contributed by atoms with E-state index in [1.807, 2.05) is 0 Å². The van der Waals surface area contributed by atoms with Crippen molar-refractivity contribution in [3.05, 3.63) is 28.5 Å². The summed E-state index contributed by atoms with van der Waals surface area (Å²) in [5.41, 5.74) is -0.730. The number of benzene rings is 1. The second-order valence-electron chi connectivity index (χ2n) is 4.12. The average molecular weight is 324 g/mol. The molecule has 2 N–H and O–H groups in total. The van der Waals surface area contributed by atoms with E-state index >= 15 is 0 Å². The summed E-state index contributed by atoms with van der Waals surface area (Å²) in [7, 11) is -3.74.